The summed E-state index contributed by atoms with van der Waals surface area (Å²) in [4.78, 5) is 26.0. The first kappa shape index (κ1) is 17.1. The van der Waals surface area contributed by atoms with Crippen LogP contribution < -0.4 is 5.32 Å². The molecular formula is C15H19BrN2O3S. The molecule has 120 valence electrons. The molecule has 1 atom stereocenters. The summed E-state index contributed by atoms with van der Waals surface area (Å²) in [6, 6.07) is 6.81. The van der Waals surface area contributed by atoms with Gasteiger partial charge in [-0.2, -0.15) is 0 Å². The highest BCUT2D eigenvalue weighted by Gasteiger charge is 2.37. The first-order valence-corrected chi connectivity index (χ1v) is 8.85. The van der Waals surface area contributed by atoms with E-state index in [1.807, 2.05) is 45.0 Å². The monoisotopic (exact) mass is 386 g/mol. The number of nitrogens with one attached hydrogen (secondary N) is 1. The van der Waals surface area contributed by atoms with Gasteiger partial charge in [-0.3, -0.25) is 9.69 Å². The molecule has 7 heteroatoms. The zero-order valence-electron chi connectivity index (χ0n) is 12.8. The average molecular weight is 387 g/mol. The van der Waals surface area contributed by atoms with E-state index in [1.165, 1.54) is 4.90 Å². The van der Waals surface area contributed by atoms with Gasteiger partial charge in [0.2, 0.25) is 5.91 Å². The number of ether oxygens (including phenoxy) is 1. The lowest BCUT2D eigenvalue weighted by Crippen LogP contribution is -2.46. The van der Waals surface area contributed by atoms with Crippen molar-refractivity contribution in [3.8, 4) is 0 Å². The minimum Gasteiger partial charge on any atom is -0.444 e. The molecule has 2 amide bonds. The van der Waals surface area contributed by atoms with Crippen LogP contribution >= 0.6 is 27.7 Å². The van der Waals surface area contributed by atoms with E-state index in [2.05, 4.69) is 21.2 Å². The smallest absolute Gasteiger partial charge is 0.411 e. The third-order valence-electron chi connectivity index (χ3n) is 2.92. The van der Waals surface area contributed by atoms with E-state index >= 15 is 0 Å². The van der Waals surface area contributed by atoms with Crippen LogP contribution in [-0.4, -0.2) is 40.2 Å². The molecule has 0 spiro atoms. The predicted octanol–water partition coefficient (Wildman–Crippen LogP) is 3.70. The second kappa shape index (κ2) is 6.91. The van der Waals surface area contributed by atoms with Crippen LogP contribution in [0.1, 0.15) is 20.8 Å². The molecule has 1 aromatic rings. The van der Waals surface area contributed by atoms with E-state index < -0.39 is 17.7 Å². The van der Waals surface area contributed by atoms with Gasteiger partial charge in [-0.05, 0) is 45.0 Å². The molecule has 0 radical (unpaired) electrons. The lowest BCUT2D eigenvalue weighted by Gasteiger charge is -2.27. The number of halogens is 1. The van der Waals surface area contributed by atoms with Crippen molar-refractivity contribution in [1.82, 2.24) is 4.90 Å². The minimum atomic E-state index is -0.572. The van der Waals surface area contributed by atoms with Gasteiger partial charge >= 0.3 is 6.09 Å². The Morgan fingerprint density at radius 2 is 1.95 bits per heavy atom. The Hall–Kier alpha value is -1.21. The standard InChI is InChI=1S/C15H19BrN2O3S/c1-15(2,3)21-14(20)18-9-22-8-12(18)13(19)17-11-6-4-10(16)5-7-11/h4-7,12H,8-9H2,1-3H3,(H,17,19). The number of anilines is 1. The van der Waals surface area contributed by atoms with Crippen LogP contribution in [0.15, 0.2) is 28.7 Å². The molecule has 1 heterocycles. The van der Waals surface area contributed by atoms with Gasteiger partial charge < -0.3 is 10.1 Å². The first-order valence-electron chi connectivity index (χ1n) is 6.90. The molecule has 2 rings (SSSR count). The van der Waals surface area contributed by atoms with Crippen LogP contribution in [0.4, 0.5) is 10.5 Å². The van der Waals surface area contributed by atoms with E-state index in [9.17, 15) is 9.59 Å². The fourth-order valence-electron chi connectivity index (χ4n) is 1.92. The van der Waals surface area contributed by atoms with Crippen molar-refractivity contribution >= 4 is 45.4 Å². The van der Waals surface area contributed by atoms with Gasteiger partial charge in [0.15, 0.2) is 0 Å². The zero-order valence-corrected chi connectivity index (χ0v) is 15.2. The van der Waals surface area contributed by atoms with Crippen LogP contribution in [-0.2, 0) is 9.53 Å². The second-order valence-electron chi connectivity index (χ2n) is 5.96. The number of amides is 2. The third kappa shape index (κ3) is 4.64. The van der Waals surface area contributed by atoms with E-state index in [-0.39, 0.29) is 5.91 Å². The zero-order chi connectivity index (χ0) is 16.3. The molecule has 0 aromatic heterocycles. The largest absolute Gasteiger partial charge is 0.444 e. The molecule has 1 fully saturated rings. The SMILES string of the molecule is CC(C)(C)OC(=O)N1CSCC1C(=O)Nc1ccc(Br)cc1. The normalized spacial score (nSPS) is 18.2. The van der Waals surface area contributed by atoms with E-state index in [4.69, 9.17) is 4.74 Å². The first-order chi connectivity index (χ1) is 10.3. The molecule has 1 saturated heterocycles. The van der Waals surface area contributed by atoms with Crippen molar-refractivity contribution in [3.63, 3.8) is 0 Å². The van der Waals surface area contributed by atoms with Crippen molar-refractivity contribution < 1.29 is 14.3 Å². The lowest BCUT2D eigenvalue weighted by molar-refractivity contribution is -0.120. The van der Waals surface area contributed by atoms with Gasteiger partial charge in [-0.1, -0.05) is 15.9 Å². The summed E-state index contributed by atoms with van der Waals surface area (Å²) < 4.78 is 6.30. The molecule has 0 aliphatic carbocycles. The molecule has 0 bridgehead atoms. The highest BCUT2D eigenvalue weighted by atomic mass is 79.9. The van der Waals surface area contributed by atoms with Gasteiger partial charge in [0.25, 0.3) is 0 Å². The van der Waals surface area contributed by atoms with Crippen LogP contribution in [0, 0.1) is 0 Å². The topological polar surface area (TPSA) is 58.6 Å². The summed E-state index contributed by atoms with van der Waals surface area (Å²) in [6.45, 7) is 5.43. The van der Waals surface area contributed by atoms with Crippen LogP contribution in [0.5, 0.6) is 0 Å². The fourth-order valence-corrected chi connectivity index (χ4v) is 3.33. The molecule has 22 heavy (non-hydrogen) atoms. The third-order valence-corrected chi connectivity index (χ3v) is 4.47. The number of carbonyl (C=O) groups excluding carboxylic acids is 2. The summed E-state index contributed by atoms with van der Waals surface area (Å²) >= 11 is 4.89. The Kier molecular flexibility index (Phi) is 5.39. The summed E-state index contributed by atoms with van der Waals surface area (Å²) in [5, 5.41) is 2.84. The number of hydrogen-bond acceptors (Lipinski definition) is 4. The Bertz CT molecular complexity index is 557. The van der Waals surface area contributed by atoms with Crippen molar-refractivity contribution in [3.05, 3.63) is 28.7 Å². The number of nitrogens with zero attached hydrogens (tertiary/aromatic N) is 1. The minimum absolute atomic E-state index is 0.196. The maximum atomic E-state index is 12.4. The maximum Gasteiger partial charge on any atom is 0.411 e. The highest BCUT2D eigenvalue weighted by Crippen LogP contribution is 2.25. The van der Waals surface area contributed by atoms with Crippen molar-refractivity contribution in [1.29, 1.82) is 0 Å². The number of rotatable bonds is 2. The molecule has 1 aliphatic rings. The molecule has 1 aliphatic heterocycles. The Morgan fingerprint density at radius 1 is 1.32 bits per heavy atom. The molecule has 1 unspecified atom stereocenters. The van der Waals surface area contributed by atoms with E-state index in [1.54, 1.807) is 11.8 Å². The molecule has 5 nitrogen and oxygen atoms in total. The second-order valence-corrected chi connectivity index (χ2v) is 7.88. The number of hydrogen-bond donors (Lipinski definition) is 1. The van der Waals surface area contributed by atoms with E-state index in [0.717, 1.165) is 4.47 Å². The quantitative estimate of drug-likeness (QED) is 0.841. The van der Waals surface area contributed by atoms with Crippen LogP contribution in [0.3, 0.4) is 0 Å². The number of thioether (sulfide) groups is 1. The summed E-state index contributed by atoms with van der Waals surface area (Å²) in [5.74, 6) is 0.841. The Morgan fingerprint density at radius 3 is 2.55 bits per heavy atom. The molecule has 0 saturated carbocycles. The fraction of sp³-hybridized carbons (Fsp3) is 0.467. The van der Waals surface area contributed by atoms with E-state index in [0.29, 0.717) is 17.3 Å². The van der Waals surface area contributed by atoms with Crippen molar-refractivity contribution in [2.75, 3.05) is 16.9 Å². The van der Waals surface area contributed by atoms with Gasteiger partial charge in [-0.15, -0.1) is 11.8 Å². The average Bonchev–Trinajstić information content (AvgIpc) is 2.89. The summed E-state index contributed by atoms with van der Waals surface area (Å²) in [5.41, 5.74) is 0.131. The lowest BCUT2D eigenvalue weighted by atomic mass is 10.2. The van der Waals surface area contributed by atoms with Gasteiger partial charge in [-0.25, -0.2) is 4.79 Å². The van der Waals surface area contributed by atoms with Crippen LogP contribution in [0.2, 0.25) is 0 Å². The van der Waals surface area contributed by atoms with Gasteiger partial charge in [0.1, 0.15) is 11.6 Å². The van der Waals surface area contributed by atoms with Crippen LogP contribution in [0.25, 0.3) is 0 Å². The Balaban J connectivity index is 2.01. The molecular weight excluding hydrogens is 368 g/mol. The van der Waals surface area contributed by atoms with Crippen molar-refractivity contribution in [2.24, 2.45) is 0 Å². The summed E-state index contributed by atoms with van der Waals surface area (Å²) in [6.07, 6.45) is -0.451. The number of carbonyl (C=O) groups is 2. The summed E-state index contributed by atoms with van der Waals surface area (Å²) in [7, 11) is 0. The van der Waals surface area contributed by atoms with Gasteiger partial charge in [0, 0.05) is 15.9 Å². The molecule has 1 N–H and O–H groups in total. The Labute approximate surface area is 142 Å². The van der Waals surface area contributed by atoms with Crippen molar-refractivity contribution in [2.45, 2.75) is 32.4 Å². The highest BCUT2D eigenvalue weighted by molar-refractivity contribution is 9.10. The van der Waals surface area contributed by atoms with Gasteiger partial charge in [0.05, 0.1) is 5.88 Å². The number of benzene rings is 1. The maximum absolute atomic E-state index is 12.4. The predicted molar refractivity (Wildman–Crippen MR) is 92.0 cm³/mol. The molecule has 1 aromatic carbocycles.